The minimum absolute atomic E-state index is 0.0926. The molecule has 1 aromatic rings. The zero-order chi connectivity index (χ0) is 32.5. The largest absolute Gasteiger partial charge is 0.480 e. The first-order valence-electron chi connectivity index (χ1n) is 13.7. The molecule has 18 heteroatoms. The lowest BCUT2D eigenvalue weighted by molar-refractivity contribution is -0.142. The highest BCUT2D eigenvalue weighted by atomic mass is 16.4. The number of aliphatic carboxylic acids is 1. The molecule has 1 aromatic heterocycles. The van der Waals surface area contributed by atoms with E-state index in [0.29, 0.717) is 18.5 Å². The Bertz CT molecular complexity index is 1120. The van der Waals surface area contributed by atoms with Gasteiger partial charge in [0.05, 0.1) is 18.9 Å². The molecule has 43 heavy (non-hydrogen) atoms. The molecule has 0 bridgehead atoms. The number of nitrogens with two attached hydrogens (primary N) is 4. The lowest BCUT2D eigenvalue weighted by atomic mass is 9.98. The van der Waals surface area contributed by atoms with Crippen LogP contribution in [-0.2, 0) is 35.2 Å². The third-order valence-corrected chi connectivity index (χ3v) is 6.49. The molecule has 0 aromatic carbocycles. The Kier molecular flexibility index (Phi) is 15.7. The smallest absolute Gasteiger partial charge is 0.326 e. The second-order valence-corrected chi connectivity index (χ2v) is 9.94. The molecule has 14 N–H and O–H groups in total. The van der Waals surface area contributed by atoms with E-state index in [-0.39, 0.29) is 44.1 Å². The molecule has 0 aliphatic heterocycles. The van der Waals surface area contributed by atoms with Crippen molar-refractivity contribution in [1.82, 2.24) is 31.2 Å². The predicted octanol–water partition coefficient (Wildman–Crippen LogP) is -3.70. The number of nitrogens with zero attached hydrogens (tertiary/aromatic N) is 2. The zero-order valence-electron chi connectivity index (χ0n) is 24.3. The van der Waals surface area contributed by atoms with Crippen LogP contribution in [0, 0.1) is 5.92 Å². The summed E-state index contributed by atoms with van der Waals surface area (Å²) in [7, 11) is 0. The Hall–Kier alpha value is -4.74. The summed E-state index contributed by atoms with van der Waals surface area (Å²) in [6.07, 6.45) is 3.24. The van der Waals surface area contributed by atoms with E-state index in [0.717, 1.165) is 0 Å². The second kappa shape index (κ2) is 18.6. The van der Waals surface area contributed by atoms with E-state index < -0.39 is 66.2 Å². The van der Waals surface area contributed by atoms with E-state index in [2.05, 4.69) is 36.2 Å². The third-order valence-electron chi connectivity index (χ3n) is 6.49. The molecule has 18 nitrogen and oxygen atoms in total. The number of carbonyl (C=O) groups excluding carboxylic acids is 5. The van der Waals surface area contributed by atoms with Crippen LogP contribution in [0.1, 0.15) is 51.6 Å². The highest BCUT2D eigenvalue weighted by Crippen LogP contribution is 2.07. The monoisotopic (exact) mass is 609 g/mol. The van der Waals surface area contributed by atoms with Crippen LogP contribution in [0.3, 0.4) is 0 Å². The van der Waals surface area contributed by atoms with Crippen molar-refractivity contribution in [3.8, 4) is 0 Å². The summed E-state index contributed by atoms with van der Waals surface area (Å²) < 4.78 is 0. The van der Waals surface area contributed by atoms with Crippen molar-refractivity contribution in [2.45, 2.75) is 76.5 Å². The SMILES string of the molecule is CC[C@H](C)[C@H](N)C(=O)N[C@@H](CCCN=C(N)N)C(=O)NCC(=O)N[C@@H](Cc1cnc[nH]1)C(=O)N[C@@H](CCC(N)=O)C(=O)O. The number of nitrogens with one attached hydrogen (secondary N) is 5. The molecule has 0 radical (unpaired) electrons. The first kappa shape index (κ1) is 36.3. The summed E-state index contributed by atoms with van der Waals surface area (Å²) in [5.74, 6) is -5.27. The van der Waals surface area contributed by atoms with Crippen molar-refractivity contribution < 1.29 is 33.9 Å². The Morgan fingerprint density at radius 2 is 1.65 bits per heavy atom. The van der Waals surface area contributed by atoms with E-state index in [1.807, 2.05) is 6.92 Å². The Balaban J connectivity index is 2.93. The first-order chi connectivity index (χ1) is 20.2. The number of aliphatic imine (C=N–C) groups is 1. The zero-order valence-corrected chi connectivity index (χ0v) is 24.3. The maximum absolute atomic E-state index is 13.0. The van der Waals surface area contributed by atoms with Crippen LogP contribution in [0.5, 0.6) is 0 Å². The van der Waals surface area contributed by atoms with Gasteiger partial charge in [-0.3, -0.25) is 29.0 Å². The number of imidazole rings is 1. The van der Waals surface area contributed by atoms with Crippen molar-refractivity contribution in [1.29, 1.82) is 0 Å². The molecule has 1 heterocycles. The molecule has 5 amide bonds. The van der Waals surface area contributed by atoms with Crippen LogP contribution < -0.4 is 44.2 Å². The number of rotatable bonds is 20. The number of carbonyl (C=O) groups is 6. The average molecular weight is 610 g/mol. The number of carboxylic acids is 1. The molecule has 0 fully saturated rings. The average Bonchev–Trinajstić information content (AvgIpc) is 3.46. The first-order valence-corrected chi connectivity index (χ1v) is 13.7. The van der Waals surface area contributed by atoms with Gasteiger partial charge < -0.3 is 54.3 Å². The van der Waals surface area contributed by atoms with Gasteiger partial charge in [-0.1, -0.05) is 20.3 Å². The molecule has 0 unspecified atom stereocenters. The van der Waals surface area contributed by atoms with Crippen molar-refractivity contribution in [3.05, 3.63) is 18.2 Å². The lowest BCUT2D eigenvalue weighted by Gasteiger charge is -2.23. The van der Waals surface area contributed by atoms with Gasteiger partial charge in [-0.05, 0) is 25.2 Å². The predicted molar refractivity (Wildman–Crippen MR) is 154 cm³/mol. The molecular weight excluding hydrogens is 566 g/mol. The van der Waals surface area contributed by atoms with Crippen LogP contribution in [0.15, 0.2) is 17.5 Å². The van der Waals surface area contributed by atoms with Gasteiger partial charge in [0.25, 0.3) is 0 Å². The van der Waals surface area contributed by atoms with Crippen LogP contribution in [-0.4, -0.2) is 93.8 Å². The topological polar surface area (TPSA) is 316 Å². The second-order valence-electron chi connectivity index (χ2n) is 9.94. The van der Waals surface area contributed by atoms with Crippen molar-refractivity contribution in [3.63, 3.8) is 0 Å². The minimum Gasteiger partial charge on any atom is -0.480 e. The van der Waals surface area contributed by atoms with Crippen molar-refractivity contribution in [2.24, 2.45) is 33.8 Å². The molecular formula is C25H43N11O7. The van der Waals surface area contributed by atoms with E-state index in [9.17, 15) is 33.9 Å². The number of primary amides is 1. The van der Waals surface area contributed by atoms with E-state index in [1.165, 1.54) is 12.5 Å². The summed E-state index contributed by atoms with van der Waals surface area (Å²) >= 11 is 0. The number of aromatic amines is 1. The van der Waals surface area contributed by atoms with Gasteiger partial charge in [0.2, 0.25) is 29.5 Å². The maximum atomic E-state index is 13.0. The van der Waals surface area contributed by atoms with E-state index in [4.69, 9.17) is 22.9 Å². The number of hydrogen-bond acceptors (Lipinski definition) is 9. The van der Waals surface area contributed by atoms with Crippen molar-refractivity contribution in [2.75, 3.05) is 13.1 Å². The van der Waals surface area contributed by atoms with Crippen LogP contribution in [0.2, 0.25) is 0 Å². The maximum Gasteiger partial charge on any atom is 0.326 e. The Morgan fingerprint density at radius 3 is 2.21 bits per heavy atom. The van der Waals surface area contributed by atoms with Gasteiger partial charge in [0.15, 0.2) is 5.96 Å². The highest BCUT2D eigenvalue weighted by molar-refractivity contribution is 5.94. The van der Waals surface area contributed by atoms with E-state index >= 15 is 0 Å². The number of hydrogen-bond donors (Lipinski definition) is 10. The quantitative estimate of drug-likeness (QED) is 0.0389. The van der Waals surface area contributed by atoms with Crippen LogP contribution in [0.25, 0.3) is 0 Å². The minimum atomic E-state index is -1.44. The lowest BCUT2D eigenvalue weighted by Crippen LogP contribution is -2.56. The summed E-state index contributed by atoms with van der Waals surface area (Å²) in [5, 5.41) is 19.2. The van der Waals surface area contributed by atoms with Crippen LogP contribution in [0.4, 0.5) is 0 Å². The summed E-state index contributed by atoms with van der Waals surface area (Å²) in [6, 6.07) is -4.63. The van der Waals surface area contributed by atoms with Gasteiger partial charge in [-0.25, -0.2) is 9.78 Å². The normalized spacial score (nSPS) is 14.2. The molecule has 1 rings (SSSR count). The van der Waals surface area contributed by atoms with Gasteiger partial charge >= 0.3 is 5.97 Å². The number of H-pyrrole nitrogens is 1. The van der Waals surface area contributed by atoms with Gasteiger partial charge in [0.1, 0.15) is 18.1 Å². The van der Waals surface area contributed by atoms with Gasteiger partial charge in [0, 0.05) is 31.3 Å². The summed E-state index contributed by atoms with van der Waals surface area (Å²) in [4.78, 5) is 84.5. The molecule has 5 atom stereocenters. The fraction of sp³-hybridized carbons (Fsp3) is 0.600. The summed E-state index contributed by atoms with van der Waals surface area (Å²) in [6.45, 7) is 3.29. The molecule has 240 valence electrons. The summed E-state index contributed by atoms with van der Waals surface area (Å²) in [5.41, 5.74) is 22.2. The standard InChI is InChI=1S/C25H43N11O7/c1-3-13(2)20(27)23(41)35-15(5-4-8-31-25(28)29)21(39)32-11-19(38)34-17(9-14-10-30-12-33-14)22(40)36-16(24(42)43)6-7-18(26)37/h10,12-13,15-17,20H,3-9,11,27H2,1-2H3,(H2,26,37)(H,30,33)(H,32,39)(H,34,38)(H,35,41)(H,36,40)(H,42,43)(H4,28,29,31)/t13-,15-,16-,17-,20-/m0/s1. The Morgan fingerprint density at radius 1 is 0.977 bits per heavy atom. The molecule has 0 spiro atoms. The molecule has 0 saturated heterocycles. The van der Waals surface area contributed by atoms with E-state index in [1.54, 1.807) is 6.92 Å². The Labute approximate surface area is 248 Å². The molecule has 0 aliphatic rings. The number of guanidine groups is 1. The highest BCUT2D eigenvalue weighted by Gasteiger charge is 2.29. The number of amides is 5. The third kappa shape index (κ3) is 14.1. The fourth-order valence-electron chi connectivity index (χ4n) is 3.73. The van der Waals surface area contributed by atoms with Crippen molar-refractivity contribution >= 4 is 41.5 Å². The number of aromatic nitrogens is 2. The number of carboxylic acid groups (broad SMARTS) is 1. The van der Waals surface area contributed by atoms with Gasteiger partial charge in [-0.2, -0.15) is 0 Å². The molecule has 0 saturated carbocycles. The van der Waals surface area contributed by atoms with Crippen LogP contribution >= 0.6 is 0 Å². The molecule has 0 aliphatic carbocycles. The van der Waals surface area contributed by atoms with Gasteiger partial charge in [-0.15, -0.1) is 0 Å². The fourth-order valence-corrected chi connectivity index (χ4v) is 3.73.